The van der Waals surface area contributed by atoms with E-state index >= 15 is 0 Å². The molecule has 0 aromatic heterocycles. The van der Waals surface area contributed by atoms with E-state index in [1.54, 1.807) is 0 Å². The average Bonchev–Trinajstić information content (AvgIpc) is 2.65. The Kier molecular flexibility index (Phi) is 4.75. The highest BCUT2D eigenvalue weighted by atomic mass is 14.7. The molecule has 5 fully saturated rings. The van der Waals surface area contributed by atoms with Crippen molar-refractivity contribution < 1.29 is 0 Å². The van der Waals surface area contributed by atoms with Crippen LogP contribution in [0, 0.1) is 62.6 Å². The topological polar surface area (TPSA) is 0 Å². The molecular weight excluding hydrogens is 360 g/mol. The first-order valence-corrected chi connectivity index (χ1v) is 13.9. The monoisotopic (exact) mass is 412 g/mol. The van der Waals surface area contributed by atoms with Crippen LogP contribution in [0.15, 0.2) is 0 Å². The molecule has 0 aromatic carbocycles. The lowest BCUT2D eigenvalue weighted by molar-refractivity contribution is -0.247. The van der Waals surface area contributed by atoms with Crippen LogP contribution >= 0.6 is 0 Å². The van der Waals surface area contributed by atoms with Crippen molar-refractivity contribution in [3.63, 3.8) is 0 Å². The van der Waals surface area contributed by atoms with Crippen molar-refractivity contribution in [2.24, 2.45) is 62.6 Å². The van der Waals surface area contributed by atoms with Gasteiger partial charge in [-0.3, -0.25) is 0 Å². The average molecular weight is 413 g/mol. The second kappa shape index (κ2) is 6.53. The lowest BCUT2D eigenvalue weighted by Crippen LogP contribution is -2.66. The standard InChI is InChI=1S/C30H52/c1-20-12-16-27(5)18-19-29(7)22(25(27)21(20)2)10-11-24-28(6)15-9-14-26(3,4)23(28)13-17-30(24,29)8/h20-25H,9-19H2,1-8H3/t20-,21-,22+,23+,24+,25+,27+,28+,29+,30+/m1/s1. The fraction of sp³-hybridized carbons (Fsp3) is 1.00. The van der Waals surface area contributed by atoms with Gasteiger partial charge in [0.25, 0.3) is 0 Å². The Balaban J connectivity index is 1.54. The minimum absolute atomic E-state index is 0.560. The van der Waals surface area contributed by atoms with Crippen LogP contribution in [0.2, 0.25) is 0 Å². The number of hydrogen-bond acceptors (Lipinski definition) is 0. The van der Waals surface area contributed by atoms with Crippen molar-refractivity contribution in [3.8, 4) is 0 Å². The van der Waals surface area contributed by atoms with Crippen molar-refractivity contribution in [2.75, 3.05) is 0 Å². The molecule has 0 amide bonds. The molecule has 0 heteroatoms. The summed E-state index contributed by atoms with van der Waals surface area (Å²) in [4.78, 5) is 0. The molecule has 0 aliphatic heterocycles. The fourth-order valence-corrected chi connectivity index (χ4v) is 11.8. The molecule has 0 unspecified atom stereocenters. The zero-order valence-corrected chi connectivity index (χ0v) is 21.7. The van der Waals surface area contributed by atoms with Gasteiger partial charge in [0.05, 0.1) is 0 Å². The minimum Gasteiger partial charge on any atom is -0.0622 e. The third-order valence-electron chi connectivity index (χ3n) is 13.8. The van der Waals surface area contributed by atoms with E-state index in [1.807, 2.05) is 0 Å². The van der Waals surface area contributed by atoms with Gasteiger partial charge < -0.3 is 0 Å². The summed E-state index contributed by atoms with van der Waals surface area (Å²) in [6, 6.07) is 0. The lowest BCUT2D eigenvalue weighted by atomic mass is 9.31. The molecule has 172 valence electrons. The van der Waals surface area contributed by atoms with Crippen LogP contribution in [0.5, 0.6) is 0 Å². The van der Waals surface area contributed by atoms with Crippen LogP contribution in [-0.4, -0.2) is 0 Å². The largest absolute Gasteiger partial charge is 0.0622 e. The van der Waals surface area contributed by atoms with E-state index in [0.29, 0.717) is 27.1 Å². The van der Waals surface area contributed by atoms with Gasteiger partial charge >= 0.3 is 0 Å². The summed E-state index contributed by atoms with van der Waals surface area (Å²) in [5, 5.41) is 0. The molecule has 0 heterocycles. The summed E-state index contributed by atoms with van der Waals surface area (Å²) in [5.41, 5.74) is 2.92. The maximum atomic E-state index is 2.81. The Morgan fingerprint density at radius 1 is 0.600 bits per heavy atom. The number of fused-ring (bicyclic) bond motifs is 7. The van der Waals surface area contributed by atoms with Crippen molar-refractivity contribution >= 4 is 0 Å². The number of rotatable bonds is 0. The van der Waals surface area contributed by atoms with Crippen molar-refractivity contribution in [1.82, 2.24) is 0 Å². The summed E-state index contributed by atoms with van der Waals surface area (Å²) in [6.07, 6.45) is 16.6. The van der Waals surface area contributed by atoms with Gasteiger partial charge in [-0.2, -0.15) is 0 Å². The number of hydrogen-bond donors (Lipinski definition) is 0. The highest BCUT2D eigenvalue weighted by Gasteiger charge is 2.69. The van der Waals surface area contributed by atoms with Gasteiger partial charge in [-0.15, -0.1) is 0 Å². The smallest absolute Gasteiger partial charge is 0.0235 e. The van der Waals surface area contributed by atoms with E-state index in [0.717, 1.165) is 35.5 Å². The molecule has 0 aromatic rings. The van der Waals surface area contributed by atoms with E-state index in [9.17, 15) is 0 Å². The third-order valence-corrected chi connectivity index (χ3v) is 13.8. The SMILES string of the molecule is C[C@H]1[C@H]2[C@@H]3CC[C@H]4[C@@]5(C)CCCC(C)(C)[C@@H]5CC[C@]4(C)[C@@]3(C)CC[C@]2(C)CC[C@H]1C. The van der Waals surface area contributed by atoms with Crippen LogP contribution in [0.3, 0.4) is 0 Å². The Morgan fingerprint density at radius 2 is 1.33 bits per heavy atom. The first-order chi connectivity index (χ1) is 13.9. The van der Waals surface area contributed by atoms with Crippen LogP contribution in [0.25, 0.3) is 0 Å². The normalized spacial score (nSPS) is 60.0. The quantitative estimate of drug-likeness (QED) is 0.372. The molecule has 0 bridgehead atoms. The summed E-state index contributed by atoms with van der Waals surface area (Å²) in [7, 11) is 0. The second-order valence-electron chi connectivity index (χ2n) is 15.1. The van der Waals surface area contributed by atoms with Gasteiger partial charge in [0.2, 0.25) is 0 Å². The molecule has 5 aliphatic rings. The summed E-state index contributed by atoms with van der Waals surface area (Å²) >= 11 is 0. The van der Waals surface area contributed by atoms with Gasteiger partial charge in [0.15, 0.2) is 0 Å². The Morgan fingerprint density at radius 3 is 2.07 bits per heavy atom. The van der Waals surface area contributed by atoms with E-state index in [-0.39, 0.29) is 0 Å². The van der Waals surface area contributed by atoms with Gasteiger partial charge in [-0.1, -0.05) is 61.8 Å². The fourth-order valence-electron chi connectivity index (χ4n) is 11.8. The van der Waals surface area contributed by atoms with E-state index in [2.05, 4.69) is 55.4 Å². The zero-order chi connectivity index (χ0) is 21.7. The summed E-state index contributed by atoms with van der Waals surface area (Å²) in [6.45, 7) is 21.5. The molecule has 0 nitrogen and oxygen atoms in total. The molecule has 5 rings (SSSR count). The molecule has 0 N–H and O–H groups in total. The Bertz CT molecular complexity index is 690. The summed E-state index contributed by atoms with van der Waals surface area (Å²) < 4.78 is 0. The van der Waals surface area contributed by atoms with Gasteiger partial charge in [-0.25, -0.2) is 0 Å². The van der Waals surface area contributed by atoms with Crippen molar-refractivity contribution in [3.05, 3.63) is 0 Å². The van der Waals surface area contributed by atoms with E-state index in [4.69, 9.17) is 0 Å². The first-order valence-electron chi connectivity index (χ1n) is 13.9. The van der Waals surface area contributed by atoms with Gasteiger partial charge in [0, 0.05) is 0 Å². The molecule has 0 spiro atoms. The molecule has 5 aliphatic carbocycles. The lowest BCUT2D eigenvalue weighted by Gasteiger charge is -2.73. The van der Waals surface area contributed by atoms with Gasteiger partial charge in [0.1, 0.15) is 0 Å². The van der Waals surface area contributed by atoms with Crippen LogP contribution in [-0.2, 0) is 0 Å². The van der Waals surface area contributed by atoms with Crippen LogP contribution < -0.4 is 0 Å². The maximum absolute atomic E-state index is 2.81. The van der Waals surface area contributed by atoms with E-state index in [1.165, 1.54) is 70.6 Å². The molecule has 30 heavy (non-hydrogen) atoms. The van der Waals surface area contributed by atoms with Crippen LogP contribution in [0.4, 0.5) is 0 Å². The minimum atomic E-state index is 0.560. The highest BCUT2D eigenvalue weighted by molar-refractivity contribution is 5.17. The predicted molar refractivity (Wildman–Crippen MR) is 129 cm³/mol. The molecule has 10 atom stereocenters. The molecule has 0 saturated heterocycles. The first kappa shape index (κ1) is 21.8. The zero-order valence-electron chi connectivity index (χ0n) is 21.7. The molecule has 5 saturated carbocycles. The van der Waals surface area contributed by atoms with Crippen LogP contribution in [0.1, 0.15) is 126 Å². The van der Waals surface area contributed by atoms with Gasteiger partial charge in [-0.05, 0) is 127 Å². The van der Waals surface area contributed by atoms with Crippen molar-refractivity contribution in [1.29, 1.82) is 0 Å². The van der Waals surface area contributed by atoms with Crippen molar-refractivity contribution in [2.45, 2.75) is 126 Å². The molecular formula is C30H52. The predicted octanol–water partition coefficient (Wildman–Crippen LogP) is 9.13. The molecule has 0 radical (unpaired) electrons. The maximum Gasteiger partial charge on any atom is -0.0235 e. The third kappa shape index (κ3) is 2.58. The second-order valence-corrected chi connectivity index (χ2v) is 15.1. The Hall–Kier alpha value is 0. The Labute approximate surface area is 188 Å². The van der Waals surface area contributed by atoms with E-state index < -0.39 is 0 Å². The highest BCUT2D eigenvalue weighted by Crippen LogP contribution is 2.76. The summed E-state index contributed by atoms with van der Waals surface area (Å²) in [5.74, 6) is 5.74.